The number of ether oxygens (including phenoxy) is 1. The lowest BCUT2D eigenvalue weighted by Crippen LogP contribution is -1.97. The highest BCUT2D eigenvalue weighted by Gasteiger charge is 1.95. The van der Waals surface area contributed by atoms with Gasteiger partial charge in [-0.05, 0) is 24.1 Å². The Kier molecular flexibility index (Phi) is 7.48. The molecule has 1 aromatic carbocycles. The lowest BCUT2D eigenvalue weighted by molar-refractivity contribution is 0.281. The van der Waals surface area contributed by atoms with E-state index in [-0.39, 0.29) is 6.61 Å². The maximum Gasteiger partial charge on any atom is 0.119 e. The van der Waals surface area contributed by atoms with Crippen LogP contribution in [0.5, 0.6) is 5.75 Å². The summed E-state index contributed by atoms with van der Waals surface area (Å²) in [5.41, 5.74) is 0.928. The molecule has 1 aromatic rings. The molecule has 17 heavy (non-hydrogen) atoms. The topological polar surface area (TPSA) is 29.5 Å². The molecule has 0 aliphatic heterocycles. The summed E-state index contributed by atoms with van der Waals surface area (Å²) in [6.07, 6.45) is 7.71. The number of aliphatic hydroxyl groups is 1. The van der Waals surface area contributed by atoms with Crippen molar-refractivity contribution in [2.24, 2.45) is 0 Å². The summed E-state index contributed by atoms with van der Waals surface area (Å²) in [6.45, 7) is 3.13. The van der Waals surface area contributed by atoms with Crippen LogP contribution in [0.3, 0.4) is 0 Å². The maximum absolute atomic E-state index is 8.90. The van der Waals surface area contributed by atoms with Crippen LogP contribution in [0.25, 0.3) is 0 Å². The van der Waals surface area contributed by atoms with Crippen molar-refractivity contribution in [1.29, 1.82) is 0 Å². The predicted octanol–water partition coefficient (Wildman–Crippen LogP) is 3.92. The van der Waals surface area contributed by atoms with Crippen LogP contribution in [-0.4, -0.2) is 11.7 Å². The van der Waals surface area contributed by atoms with Gasteiger partial charge in [-0.25, -0.2) is 0 Å². The molecule has 0 fully saturated rings. The van der Waals surface area contributed by atoms with Crippen LogP contribution in [0.15, 0.2) is 24.3 Å². The van der Waals surface area contributed by atoms with E-state index in [2.05, 4.69) is 6.92 Å². The van der Waals surface area contributed by atoms with Crippen LogP contribution in [0.4, 0.5) is 0 Å². The van der Waals surface area contributed by atoms with E-state index < -0.39 is 0 Å². The molecular formula is C15H24O2. The SMILES string of the molecule is CCCCCCCCOc1ccc(CO)cc1. The molecule has 2 heteroatoms. The minimum Gasteiger partial charge on any atom is -0.494 e. The van der Waals surface area contributed by atoms with Gasteiger partial charge in [0.1, 0.15) is 5.75 Å². The molecule has 0 bridgehead atoms. The number of hydrogen-bond acceptors (Lipinski definition) is 2. The van der Waals surface area contributed by atoms with E-state index in [1.165, 1.54) is 32.1 Å². The summed E-state index contributed by atoms with van der Waals surface area (Å²) in [5, 5.41) is 8.90. The molecule has 1 N–H and O–H groups in total. The van der Waals surface area contributed by atoms with Gasteiger partial charge in [-0.3, -0.25) is 0 Å². The largest absolute Gasteiger partial charge is 0.494 e. The third-order valence-corrected chi connectivity index (χ3v) is 2.87. The van der Waals surface area contributed by atoms with Crippen LogP contribution in [0.2, 0.25) is 0 Å². The Bertz CT molecular complexity index is 279. The monoisotopic (exact) mass is 236 g/mol. The van der Waals surface area contributed by atoms with Crippen molar-refractivity contribution >= 4 is 0 Å². The summed E-state index contributed by atoms with van der Waals surface area (Å²) >= 11 is 0. The van der Waals surface area contributed by atoms with Crippen molar-refractivity contribution in [3.63, 3.8) is 0 Å². The molecular weight excluding hydrogens is 212 g/mol. The van der Waals surface area contributed by atoms with E-state index in [0.29, 0.717) is 0 Å². The summed E-state index contributed by atoms with van der Waals surface area (Å²) in [5.74, 6) is 0.899. The maximum atomic E-state index is 8.90. The first-order valence-corrected chi connectivity index (χ1v) is 6.69. The Morgan fingerprint density at radius 3 is 2.24 bits per heavy atom. The molecule has 0 spiro atoms. The van der Waals surface area contributed by atoms with Crippen molar-refractivity contribution in [3.8, 4) is 5.75 Å². The molecule has 0 atom stereocenters. The number of hydrogen-bond donors (Lipinski definition) is 1. The highest BCUT2D eigenvalue weighted by molar-refractivity contribution is 5.26. The van der Waals surface area contributed by atoms with Gasteiger partial charge in [-0.2, -0.15) is 0 Å². The molecule has 0 saturated heterocycles. The zero-order valence-electron chi connectivity index (χ0n) is 10.8. The number of benzene rings is 1. The van der Waals surface area contributed by atoms with Gasteiger partial charge < -0.3 is 9.84 Å². The van der Waals surface area contributed by atoms with Gasteiger partial charge in [0.25, 0.3) is 0 Å². The van der Waals surface area contributed by atoms with E-state index in [9.17, 15) is 0 Å². The van der Waals surface area contributed by atoms with E-state index in [1.54, 1.807) is 0 Å². The molecule has 0 unspecified atom stereocenters. The van der Waals surface area contributed by atoms with Crippen molar-refractivity contribution in [2.75, 3.05) is 6.61 Å². The summed E-state index contributed by atoms with van der Waals surface area (Å²) in [7, 11) is 0. The average molecular weight is 236 g/mol. The fourth-order valence-corrected chi connectivity index (χ4v) is 1.76. The standard InChI is InChI=1S/C15H24O2/c1-2-3-4-5-6-7-12-17-15-10-8-14(13-16)9-11-15/h8-11,16H,2-7,12-13H2,1H3. The van der Waals surface area contributed by atoms with Gasteiger partial charge in [0, 0.05) is 0 Å². The number of rotatable bonds is 9. The Hall–Kier alpha value is -1.02. The highest BCUT2D eigenvalue weighted by Crippen LogP contribution is 2.13. The molecule has 0 aromatic heterocycles. The van der Waals surface area contributed by atoms with Gasteiger partial charge in [-0.15, -0.1) is 0 Å². The van der Waals surface area contributed by atoms with E-state index in [4.69, 9.17) is 9.84 Å². The Morgan fingerprint density at radius 2 is 1.59 bits per heavy atom. The third-order valence-electron chi connectivity index (χ3n) is 2.87. The Morgan fingerprint density at radius 1 is 0.941 bits per heavy atom. The lowest BCUT2D eigenvalue weighted by atomic mass is 10.1. The molecule has 0 aliphatic rings. The number of unbranched alkanes of at least 4 members (excludes halogenated alkanes) is 5. The van der Waals surface area contributed by atoms with Crippen molar-refractivity contribution < 1.29 is 9.84 Å². The Labute approximate surface area is 105 Å². The summed E-state index contributed by atoms with van der Waals surface area (Å²) < 4.78 is 5.63. The molecule has 1 rings (SSSR count). The van der Waals surface area contributed by atoms with Gasteiger partial charge in [-0.1, -0.05) is 51.2 Å². The second kappa shape index (κ2) is 9.06. The molecule has 0 heterocycles. The van der Waals surface area contributed by atoms with Crippen molar-refractivity contribution in [2.45, 2.75) is 52.1 Å². The molecule has 0 saturated carbocycles. The number of aliphatic hydroxyl groups excluding tert-OH is 1. The first-order valence-electron chi connectivity index (χ1n) is 6.69. The smallest absolute Gasteiger partial charge is 0.119 e. The predicted molar refractivity (Wildman–Crippen MR) is 71.2 cm³/mol. The van der Waals surface area contributed by atoms with Crippen LogP contribution in [0.1, 0.15) is 51.0 Å². The van der Waals surface area contributed by atoms with Crippen LogP contribution < -0.4 is 4.74 Å². The van der Waals surface area contributed by atoms with Gasteiger partial charge in [0.05, 0.1) is 13.2 Å². The molecule has 0 aliphatic carbocycles. The first kappa shape index (κ1) is 14.0. The molecule has 96 valence electrons. The van der Waals surface area contributed by atoms with Crippen LogP contribution in [-0.2, 0) is 6.61 Å². The highest BCUT2D eigenvalue weighted by atomic mass is 16.5. The summed E-state index contributed by atoms with van der Waals surface area (Å²) in [6, 6.07) is 7.64. The van der Waals surface area contributed by atoms with Gasteiger partial charge in [0.15, 0.2) is 0 Å². The van der Waals surface area contributed by atoms with Crippen LogP contribution in [0, 0.1) is 0 Å². The minimum atomic E-state index is 0.0949. The quantitative estimate of drug-likeness (QED) is 0.658. The normalized spacial score (nSPS) is 10.5. The van der Waals surface area contributed by atoms with E-state index in [1.807, 2.05) is 24.3 Å². The van der Waals surface area contributed by atoms with Gasteiger partial charge >= 0.3 is 0 Å². The first-order chi connectivity index (χ1) is 8.36. The Balaban J connectivity index is 2.05. The molecule has 0 amide bonds. The van der Waals surface area contributed by atoms with Crippen molar-refractivity contribution in [3.05, 3.63) is 29.8 Å². The van der Waals surface area contributed by atoms with Crippen LogP contribution >= 0.6 is 0 Å². The zero-order chi connectivity index (χ0) is 12.3. The second-order valence-corrected chi connectivity index (χ2v) is 4.42. The minimum absolute atomic E-state index is 0.0949. The zero-order valence-corrected chi connectivity index (χ0v) is 10.8. The molecule has 2 nitrogen and oxygen atoms in total. The fourth-order valence-electron chi connectivity index (χ4n) is 1.76. The van der Waals surface area contributed by atoms with Gasteiger partial charge in [0.2, 0.25) is 0 Å². The molecule has 0 radical (unpaired) electrons. The summed E-state index contributed by atoms with van der Waals surface area (Å²) in [4.78, 5) is 0. The van der Waals surface area contributed by atoms with Crippen molar-refractivity contribution in [1.82, 2.24) is 0 Å². The second-order valence-electron chi connectivity index (χ2n) is 4.42. The van der Waals surface area contributed by atoms with E-state index >= 15 is 0 Å². The van der Waals surface area contributed by atoms with E-state index in [0.717, 1.165) is 24.3 Å². The fraction of sp³-hybridized carbons (Fsp3) is 0.600. The lowest BCUT2D eigenvalue weighted by Gasteiger charge is -2.06. The average Bonchev–Trinajstić information content (AvgIpc) is 2.38. The third kappa shape index (κ3) is 6.32.